The number of rotatable bonds is 5. The summed E-state index contributed by atoms with van der Waals surface area (Å²) >= 11 is 0. The van der Waals surface area contributed by atoms with Crippen molar-refractivity contribution in [3.8, 4) is 5.75 Å². The van der Waals surface area contributed by atoms with Crippen LogP contribution in [0.15, 0.2) is 18.2 Å². The summed E-state index contributed by atoms with van der Waals surface area (Å²) in [4.78, 5) is 0. The van der Waals surface area contributed by atoms with Crippen LogP contribution in [0.5, 0.6) is 5.75 Å². The summed E-state index contributed by atoms with van der Waals surface area (Å²) in [6, 6.07) is 6.13. The van der Waals surface area contributed by atoms with Gasteiger partial charge in [0.25, 0.3) is 0 Å². The Morgan fingerprint density at radius 3 is 2.47 bits per heavy atom. The van der Waals surface area contributed by atoms with E-state index in [0.717, 1.165) is 5.75 Å². The standard InChI is InChI=1S/C15H24O2/c1-6-15(5,16)10-17-13-7-8-14(11(2)3)12(4)9-13/h7-9,11,16H,6,10H2,1-5H3. The molecule has 1 N–H and O–H groups in total. The van der Waals surface area contributed by atoms with E-state index in [4.69, 9.17) is 4.74 Å². The number of aryl methyl sites for hydroxylation is 1. The number of benzene rings is 1. The van der Waals surface area contributed by atoms with Gasteiger partial charge in [-0.05, 0) is 49.4 Å². The van der Waals surface area contributed by atoms with Gasteiger partial charge in [-0.25, -0.2) is 0 Å². The number of hydrogen-bond donors (Lipinski definition) is 1. The molecule has 0 saturated carbocycles. The van der Waals surface area contributed by atoms with Crippen molar-refractivity contribution in [3.63, 3.8) is 0 Å². The molecule has 0 aromatic heterocycles. The van der Waals surface area contributed by atoms with Gasteiger partial charge in [0.15, 0.2) is 0 Å². The Kier molecular flexibility index (Phi) is 4.58. The van der Waals surface area contributed by atoms with Crippen molar-refractivity contribution in [2.75, 3.05) is 6.61 Å². The third-order valence-corrected chi connectivity index (χ3v) is 3.17. The molecule has 0 radical (unpaired) electrons. The molecule has 1 aromatic rings. The summed E-state index contributed by atoms with van der Waals surface area (Å²) in [6.45, 7) is 10.6. The van der Waals surface area contributed by atoms with E-state index in [-0.39, 0.29) is 0 Å². The third kappa shape index (κ3) is 4.04. The highest BCUT2D eigenvalue weighted by Crippen LogP contribution is 2.24. The Morgan fingerprint density at radius 2 is 2.00 bits per heavy atom. The molecule has 0 heterocycles. The summed E-state index contributed by atoms with van der Waals surface area (Å²) in [5, 5.41) is 9.87. The Bertz CT molecular complexity index is 367. The molecule has 2 nitrogen and oxygen atoms in total. The zero-order valence-corrected chi connectivity index (χ0v) is 11.6. The van der Waals surface area contributed by atoms with E-state index in [1.54, 1.807) is 6.92 Å². The van der Waals surface area contributed by atoms with Crippen molar-refractivity contribution in [1.82, 2.24) is 0 Å². The number of ether oxygens (including phenoxy) is 1. The van der Waals surface area contributed by atoms with Crippen LogP contribution in [0.25, 0.3) is 0 Å². The Morgan fingerprint density at radius 1 is 1.35 bits per heavy atom. The first-order valence-corrected chi connectivity index (χ1v) is 6.31. The molecule has 17 heavy (non-hydrogen) atoms. The SMILES string of the molecule is CCC(C)(O)COc1ccc(C(C)C)c(C)c1. The molecule has 0 aliphatic carbocycles. The molecule has 1 rings (SSSR count). The first kappa shape index (κ1) is 14.0. The Labute approximate surface area is 105 Å². The van der Waals surface area contributed by atoms with E-state index in [9.17, 15) is 5.11 Å². The number of aliphatic hydroxyl groups is 1. The quantitative estimate of drug-likeness (QED) is 0.845. The van der Waals surface area contributed by atoms with Crippen LogP contribution in [0.3, 0.4) is 0 Å². The second kappa shape index (κ2) is 5.54. The van der Waals surface area contributed by atoms with Gasteiger partial charge in [0.05, 0.1) is 5.60 Å². The van der Waals surface area contributed by atoms with Crippen molar-refractivity contribution in [2.45, 2.75) is 52.6 Å². The van der Waals surface area contributed by atoms with Gasteiger partial charge < -0.3 is 9.84 Å². The molecule has 0 aliphatic heterocycles. The van der Waals surface area contributed by atoms with Crippen molar-refractivity contribution in [1.29, 1.82) is 0 Å². The lowest BCUT2D eigenvalue weighted by atomic mass is 9.98. The van der Waals surface area contributed by atoms with Crippen LogP contribution < -0.4 is 4.74 Å². The first-order chi connectivity index (χ1) is 7.85. The highest BCUT2D eigenvalue weighted by Gasteiger charge is 2.18. The largest absolute Gasteiger partial charge is 0.491 e. The normalized spacial score (nSPS) is 14.8. The van der Waals surface area contributed by atoms with Gasteiger partial charge in [0.2, 0.25) is 0 Å². The summed E-state index contributed by atoms with van der Waals surface area (Å²) < 4.78 is 5.63. The molecule has 2 heteroatoms. The van der Waals surface area contributed by atoms with Gasteiger partial charge in [0, 0.05) is 0 Å². The fourth-order valence-corrected chi connectivity index (χ4v) is 1.73. The van der Waals surface area contributed by atoms with Crippen LogP contribution in [-0.2, 0) is 0 Å². The van der Waals surface area contributed by atoms with Crippen LogP contribution in [-0.4, -0.2) is 17.3 Å². The minimum atomic E-state index is -0.745. The first-order valence-electron chi connectivity index (χ1n) is 6.31. The predicted octanol–water partition coefficient (Wildman–Crippen LogP) is 3.66. The Hall–Kier alpha value is -1.02. The zero-order chi connectivity index (χ0) is 13.1. The molecular formula is C15H24O2. The van der Waals surface area contributed by atoms with Gasteiger partial charge in [-0.15, -0.1) is 0 Å². The van der Waals surface area contributed by atoms with Crippen molar-refractivity contribution in [2.24, 2.45) is 0 Å². The summed E-state index contributed by atoms with van der Waals surface area (Å²) in [6.07, 6.45) is 0.691. The number of hydrogen-bond acceptors (Lipinski definition) is 2. The molecule has 0 saturated heterocycles. The average Bonchev–Trinajstić information content (AvgIpc) is 2.26. The summed E-state index contributed by atoms with van der Waals surface area (Å²) in [5.74, 6) is 1.36. The lowest BCUT2D eigenvalue weighted by molar-refractivity contribution is 0.00844. The van der Waals surface area contributed by atoms with E-state index in [0.29, 0.717) is 18.9 Å². The zero-order valence-electron chi connectivity index (χ0n) is 11.6. The molecule has 0 bridgehead atoms. The predicted molar refractivity (Wildman–Crippen MR) is 71.7 cm³/mol. The molecule has 1 unspecified atom stereocenters. The van der Waals surface area contributed by atoms with E-state index >= 15 is 0 Å². The van der Waals surface area contributed by atoms with E-state index in [1.807, 2.05) is 19.1 Å². The fourth-order valence-electron chi connectivity index (χ4n) is 1.73. The topological polar surface area (TPSA) is 29.5 Å². The second-order valence-corrected chi connectivity index (χ2v) is 5.31. The van der Waals surface area contributed by atoms with E-state index < -0.39 is 5.60 Å². The van der Waals surface area contributed by atoms with Gasteiger partial charge in [-0.1, -0.05) is 26.8 Å². The molecular weight excluding hydrogens is 212 g/mol. The van der Waals surface area contributed by atoms with E-state index in [1.165, 1.54) is 11.1 Å². The molecule has 0 fully saturated rings. The van der Waals surface area contributed by atoms with Gasteiger partial charge in [0.1, 0.15) is 12.4 Å². The minimum Gasteiger partial charge on any atom is -0.491 e. The summed E-state index contributed by atoms with van der Waals surface area (Å²) in [7, 11) is 0. The lowest BCUT2D eigenvalue weighted by Gasteiger charge is -2.22. The highest BCUT2D eigenvalue weighted by molar-refractivity contribution is 5.36. The monoisotopic (exact) mass is 236 g/mol. The third-order valence-electron chi connectivity index (χ3n) is 3.17. The molecule has 0 aliphatic rings. The van der Waals surface area contributed by atoms with Gasteiger partial charge in [-0.2, -0.15) is 0 Å². The molecule has 0 amide bonds. The molecule has 96 valence electrons. The average molecular weight is 236 g/mol. The van der Waals surface area contributed by atoms with E-state index in [2.05, 4.69) is 26.8 Å². The van der Waals surface area contributed by atoms with Crippen molar-refractivity contribution < 1.29 is 9.84 Å². The summed E-state index contributed by atoms with van der Waals surface area (Å²) in [5.41, 5.74) is 1.85. The van der Waals surface area contributed by atoms with Crippen LogP contribution in [0.2, 0.25) is 0 Å². The van der Waals surface area contributed by atoms with Crippen LogP contribution in [0, 0.1) is 6.92 Å². The molecule has 1 atom stereocenters. The van der Waals surface area contributed by atoms with Crippen LogP contribution in [0.4, 0.5) is 0 Å². The van der Waals surface area contributed by atoms with Crippen LogP contribution >= 0.6 is 0 Å². The molecule has 0 spiro atoms. The Balaban J connectivity index is 2.71. The van der Waals surface area contributed by atoms with Crippen molar-refractivity contribution in [3.05, 3.63) is 29.3 Å². The van der Waals surface area contributed by atoms with Gasteiger partial charge >= 0.3 is 0 Å². The lowest BCUT2D eigenvalue weighted by Crippen LogP contribution is -2.31. The minimum absolute atomic E-state index is 0.337. The van der Waals surface area contributed by atoms with Crippen molar-refractivity contribution >= 4 is 0 Å². The maximum absolute atomic E-state index is 9.87. The highest BCUT2D eigenvalue weighted by atomic mass is 16.5. The second-order valence-electron chi connectivity index (χ2n) is 5.31. The maximum Gasteiger partial charge on any atom is 0.119 e. The fraction of sp³-hybridized carbons (Fsp3) is 0.600. The van der Waals surface area contributed by atoms with Crippen LogP contribution in [0.1, 0.15) is 51.2 Å². The maximum atomic E-state index is 9.87. The molecule has 1 aromatic carbocycles. The smallest absolute Gasteiger partial charge is 0.119 e. The van der Waals surface area contributed by atoms with Gasteiger partial charge in [-0.3, -0.25) is 0 Å².